The summed E-state index contributed by atoms with van der Waals surface area (Å²) in [6.45, 7) is 5.49. The summed E-state index contributed by atoms with van der Waals surface area (Å²) in [5.74, 6) is -0.245. The molecule has 5 heteroatoms. The van der Waals surface area contributed by atoms with E-state index in [2.05, 4.69) is 11.9 Å². The van der Waals surface area contributed by atoms with Gasteiger partial charge in [0.15, 0.2) is 5.76 Å². The average molecular weight is 249 g/mol. The zero-order chi connectivity index (χ0) is 13.3. The predicted molar refractivity (Wildman–Crippen MR) is 65.1 cm³/mol. The normalized spacial score (nSPS) is 32.1. The molecule has 96 valence electrons. The summed E-state index contributed by atoms with van der Waals surface area (Å²) in [4.78, 5) is 11.5. The van der Waals surface area contributed by atoms with Gasteiger partial charge < -0.3 is 20.3 Å². The fraction of sp³-hybridized carbons (Fsp3) is 0.308. The summed E-state index contributed by atoms with van der Waals surface area (Å²) in [5.41, 5.74) is 0.355. The number of nitrogens with one attached hydrogen (secondary N) is 1. The monoisotopic (exact) mass is 249 g/mol. The Kier molecular flexibility index (Phi) is 3.36. The zero-order valence-corrected chi connectivity index (χ0v) is 9.96. The van der Waals surface area contributed by atoms with Crippen LogP contribution in [0.2, 0.25) is 0 Å². The molecule has 18 heavy (non-hydrogen) atoms. The second-order valence-corrected chi connectivity index (χ2v) is 4.10. The van der Waals surface area contributed by atoms with Crippen molar-refractivity contribution in [3.8, 4) is 0 Å². The highest BCUT2D eigenvalue weighted by molar-refractivity contribution is 6.00. The van der Waals surface area contributed by atoms with E-state index in [1.54, 1.807) is 18.2 Å². The second kappa shape index (κ2) is 4.80. The van der Waals surface area contributed by atoms with Crippen LogP contribution in [-0.4, -0.2) is 34.4 Å². The molecule has 0 radical (unpaired) electrons. The summed E-state index contributed by atoms with van der Waals surface area (Å²) in [7, 11) is 0. The molecule has 5 nitrogen and oxygen atoms in total. The van der Waals surface area contributed by atoms with Crippen molar-refractivity contribution in [2.24, 2.45) is 0 Å². The highest BCUT2D eigenvalue weighted by Crippen LogP contribution is 2.32. The first kappa shape index (κ1) is 12.6. The Balaban J connectivity index is 2.28. The molecule has 3 unspecified atom stereocenters. The van der Waals surface area contributed by atoms with Crippen molar-refractivity contribution in [1.82, 2.24) is 5.32 Å². The lowest BCUT2D eigenvalue weighted by atomic mass is 9.96. The molecule has 0 aromatic carbocycles. The third-order valence-electron chi connectivity index (χ3n) is 2.84. The molecule has 3 atom stereocenters. The van der Waals surface area contributed by atoms with Gasteiger partial charge in [-0.15, -0.1) is 0 Å². The topological polar surface area (TPSA) is 78.8 Å². The van der Waals surface area contributed by atoms with E-state index in [0.29, 0.717) is 5.70 Å². The molecule has 0 bridgehead atoms. The molecular weight excluding hydrogens is 234 g/mol. The molecule has 0 aliphatic carbocycles. The van der Waals surface area contributed by atoms with Crippen molar-refractivity contribution in [3.05, 3.63) is 47.9 Å². The SMILES string of the molecule is C=C1NC(=O)C2=C1OC(C=CC=CC)C(O)C2O. The van der Waals surface area contributed by atoms with E-state index in [-0.39, 0.29) is 11.3 Å². The van der Waals surface area contributed by atoms with E-state index in [9.17, 15) is 15.0 Å². The zero-order valence-electron chi connectivity index (χ0n) is 9.96. The van der Waals surface area contributed by atoms with Crippen molar-refractivity contribution in [2.75, 3.05) is 0 Å². The Morgan fingerprint density at radius 2 is 2.11 bits per heavy atom. The van der Waals surface area contributed by atoms with Crippen molar-refractivity contribution in [2.45, 2.75) is 25.2 Å². The number of hydrogen-bond donors (Lipinski definition) is 3. The van der Waals surface area contributed by atoms with E-state index in [1.165, 1.54) is 0 Å². The molecule has 3 N–H and O–H groups in total. The number of ether oxygens (including phenoxy) is 1. The van der Waals surface area contributed by atoms with Gasteiger partial charge in [0.25, 0.3) is 5.91 Å². The minimum Gasteiger partial charge on any atom is -0.481 e. The lowest BCUT2D eigenvalue weighted by molar-refractivity contribution is -0.119. The van der Waals surface area contributed by atoms with Gasteiger partial charge in [-0.05, 0) is 13.0 Å². The molecule has 2 aliphatic heterocycles. The minimum absolute atomic E-state index is 0.0446. The molecule has 2 aliphatic rings. The number of carbonyl (C=O) groups excluding carboxylic acids is 1. The van der Waals surface area contributed by atoms with E-state index < -0.39 is 24.2 Å². The van der Waals surface area contributed by atoms with Crippen LogP contribution in [0.15, 0.2) is 47.9 Å². The number of amides is 1. The molecule has 0 saturated carbocycles. The van der Waals surface area contributed by atoms with Gasteiger partial charge in [-0.3, -0.25) is 4.79 Å². The molecule has 0 aromatic rings. The maximum Gasteiger partial charge on any atom is 0.258 e. The molecule has 0 spiro atoms. The van der Waals surface area contributed by atoms with Crippen molar-refractivity contribution >= 4 is 5.91 Å². The Morgan fingerprint density at radius 3 is 2.78 bits per heavy atom. The number of allylic oxidation sites excluding steroid dienone is 3. The summed E-state index contributed by atoms with van der Waals surface area (Å²) in [6, 6.07) is 0. The highest BCUT2D eigenvalue weighted by Gasteiger charge is 2.44. The van der Waals surface area contributed by atoms with Crippen molar-refractivity contribution in [1.29, 1.82) is 0 Å². The van der Waals surface area contributed by atoms with Gasteiger partial charge >= 0.3 is 0 Å². The lowest BCUT2D eigenvalue weighted by Crippen LogP contribution is -2.44. The van der Waals surface area contributed by atoms with Crippen LogP contribution in [0.25, 0.3) is 0 Å². The lowest BCUT2D eigenvalue weighted by Gasteiger charge is -2.30. The Hall–Kier alpha value is -1.85. The Morgan fingerprint density at radius 1 is 1.39 bits per heavy atom. The predicted octanol–water partition coefficient (Wildman–Crippen LogP) is 0.137. The van der Waals surface area contributed by atoms with Gasteiger partial charge in [0, 0.05) is 0 Å². The number of aliphatic hydroxyl groups is 2. The van der Waals surface area contributed by atoms with E-state index in [0.717, 1.165) is 0 Å². The first-order chi connectivity index (χ1) is 8.56. The van der Waals surface area contributed by atoms with Gasteiger partial charge in [-0.2, -0.15) is 0 Å². The van der Waals surface area contributed by atoms with E-state index >= 15 is 0 Å². The Bertz CT molecular complexity index is 475. The van der Waals surface area contributed by atoms with Crippen LogP contribution in [0.5, 0.6) is 0 Å². The van der Waals surface area contributed by atoms with Gasteiger partial charge in [0.1, 0.15) is 18.3 Å². The Labute approximate surface area is 105 Å². The van der Waals surface area contributed by atoms with Gasteiger partial charge in [-0.1, -0.05) is 24.8 Å². The van der Waals surface area contributed by atoms with Gasteiger partial charge in [-0.25, -0.2) is 0 Å². The largest absolute Gasteiger partial charge is 0.481 e. The maximum atomic E-state index is 11.5. The first-order valence-electron chi connectivity index (χ1n) is 5.63. The fourth-order valence-corrected chi connectivity index (χ4v) is 1.92. The van der Waals surface area contributed by atoms with Crippen LogP contribution < -0.4 is 5.32 Å². The van der Waals surface area contributed by atoms with Crippen molar-refractivity contribution < 1.29 is 19.7 Å². The second-order valence-electron chi connectivity index (χ2n) is 4.10. The van der Waals surface area contributed by atoms with Crippen LogP contribution in [0.3, 0.4) is 0 Å². The van der Waals surface area contributed by atoms with Crippen LogP contribution in [0.4, 0.5) is 0 Å². The quantitative estimate of drug-likeness (QED) is 0.608. The smallest absolute Gasteiger partial charge is 0.258 e. The fourth-order valence-electron chi connectivity index (χ4n) is 1.92. The first-order valence-corrected chi connectivity index (χ1v) is 5.63. The molecular formula is C13H15NO4. The molecule has 0 aromatic heterocycles. The van der Waals surface area contributed by atoms with Crippen molar-refractivity contribution in [3.63, 3.8) is 0 Å². The standard InChI is InChI=1S/C13H15NO4/c1-3-4-5-6-8-10(15)11(16)9-12(18-8)7(2)14-13(9)17/h3-6,8,10-11,15-16H,2H2,1H3,(H,14,17). The number of carbonyl (C=O) groups is 1. The highest BCUT2D eigenvalue weighted by atomic mass is 16.5. The molecule has 0 saturated heterocycles. The maximum absolute atomic E-state index is 11.5. The summed E-state index contributed by atoms with van der Waals surface area (Å²) in [5, 5.41) is 22.3. The average Bonchev–Trinajstić information content (AvgIpc) is 2.61. The molecule has 2 rings (SSSR count). The third kappa shape index (κ3) is 1.98. The number of hydrogen-bond acceptors (Lipinski definition) is 4. The van der Waals surface area contributed by atoms with Crippen LogP contribution in [0, 0.1) is 0 Å². The summed E-state index contributed by atoms with van der Waals surface area (Å²) in [6.07, 6.45) is 3.77. The molecule has 0 fully saturated rings. The van der Waals surface area contributed by atoms with Crippen LogP contribution in [0.1, 0.15) is 6.92 Å². The number of aliphatic hydroxyl groups excluding tert-OH is 2. The van der Waals surface area contributed by atoms with Crippen LogP contribution in [-0.2, 0) is 9.53 Å². The third-order valence-corrected chi connectivity index (χ3v) is 2.84. The molecule has 2 heterocycles. The van der Waals surface area contributed by atoms with Gasteiger partial charge in [0.2, 0.25) is 0 Å². The van der Waals surface area contributed by atoms with Gasteiger partial charge in [0.05, 0.1) is 11.3 Å². The van der Waals surface area contributed by atoms with E-state index in [4.69, 9.17) is 4.74 Å². The molecule has 1 amide bonds. The number of rotatable bonds is 2. The van der Waals surface area contributed by atoms with Crippen LogP contribution >= 0.6 is 0 Å². The minimum atomic E-state index is -1.27. The summed E-state index contributed by atoms with van der Waals surface area (Å²) < 4.78 is 5.49. The summed E-state index contributed by atoms with van der Waals surface area (Å²) >= 11 is 0. The van der Waals surface area contributed by atoms with E-state index in [1.807, 2.05) is 13.0 Å².